The summed E-state index contributed by atoms with van der Waals surface area (Å²) in [6, 6.07) is 19.6. The molecule has 0 atom stereocenters. The molecule has 3 aromatic carbocycles. The molecule has 0 aliphatic heterocycles. The molecule has 0 heterocycles. The van der Waals surface area contributed by atoms with E-state index >= 15 is 0 Å². The average molecular weight is 434 g/mol. The highest BCUT2D eigenvalue weighted by Gasteiger charge is 2.32. The summed E-state index contributed by atoms with van der Waals surface area (Å²) in [7, 11) is 0. The molecule has 3 aliphatic rings. The van der Waals surface area contributed by atoms with Gasteiger partial charge in [-0.3, -0.25) is 0 Å². The Morgan fingerprint density at radius 3 is 2.33 bits per heavy atom. The third kappa shape index (κ3) is 3.95. The van der Waals surface area contributed by atoms with E-state index in [4.69, 9.17) is 5.73 Å². The van der Waals surface area contributed by atoms with Gasteiger partial charge >= 0.3 is 0 Å². The number of hydrogen-bond acceptors (Lipinski definition) is 1. The van der Waals surface area contributed by atoms with Gasteiger partial charge in [0.15, 0.2) is 0 Å². The molecule has 6 rings (SSSR count). The molecule has 0 saturated heterocycles. The van der Waals surface area contributed by atoms with Crippen molar-refractivity contribution in [2.24, 2.45) is 0 Å². The van der Waals surface area contributed by atoms with Crippen molar-refractivity contribution in [3.63, 3.8) is 0 Å². The summed E-state index contributed by atoms with van der Waals surface area (Å²) in [5.41, 5.74) is 15.9. The number of anilines is 1. The van der Waals surface area contributed by atoms with Gasteiger partial charge < -0.3 is 5.73 Å². The molecule has 1 nitrogen and oxygen atoms in total. The molecule has 3 aliphatic carbocycles. The smallest absolute Gasteiger partial charge is 0.0317 e. The summed E-state index contributed by atoms with van der Waals surface area (Å²) >= 11 is 0. The first-order chi connectivity index (χ1) is 15.8. The lowest BCUT2D eigenvalue weighted by Crippen LogP contribution is -2.29. The number of benzene rings is 3. The fourth-order valence-corrected chi connectivity index (χ4v) is 5.64. The van der Waals surface area contributed by atoms with Crippen molar-refractivity contribution < 1.29 is 0 Å². The Hall–Kier alpha value is -3.06. The van der Waals surface area contributed by atoms with Crippen LogP contribution in [0.25, 0.3) is 16.3 Å². The number of nitrogens with two attached hydrogens (primary N) is 1. The van der Waals surface area contributed by atoms with Crippen LogP contribution in [0.15, 0.2) is 84.5 Å². The number of hydrogen-bond donors (Lipinski definition) is 1. The molecule has 168 valence electrons. The fraction of sp³-hybridized carbons (Fsp3) is 0.312. The molecule has 0 unspecified atom stereocenters. The van der Waals surface area contributed by atoms with Crippen molar-refractivity contribution in [2.45, 2.75) is 64.2 Å². The van der Waals surface area contributed by atoms with Gasteiger partial charge in [0, 0.05) is 16.5 Å². The van der Waals surface area contributed by atoms with Crippen molar-refractivity contribution in [1.82, 2.24) is 0 Å². The van der Waals surface area contributed by atoms with Crippen LogP contribution in [0.1, 0.15) is 69.2 Å². The van der Waals surface area contributed by atoms with Crippen LogP contribution >= 0.6 is 0 Å². The zero-order valence-corrected chi connectivity index (χ0v) is 20.4. The largest absolute Gasteiger partial charge is 0.399 e. The lowest BCUT2D eigenvalue weighted by molar-refractivity contribution is 0.564. The second-order valence-corrected chi connectivity index (χ2v) is 10.9. The lowest BCUT2D eigenvalue weighted by atomic mass is 9.68. The Balaban J connectivity index is 0.000000141. The fourth-order valence-electron chi connectivity index (χ4n) is 5.64. The first-order valence-corrected chi connectivity index (χ1v) is 12.3. The second-order valence-electron chi connectivity index (χ2n) is 10.9. The summed E-state index contributed by atoms with van der Waals surface area (Å²) in [6.07, 6.45) is 14.2. The third-order valence-electron chi connectivity index (χ3n) is 7.63. The zero-order chi connectivity index (χ0) is 23.2. The van der Waals surface area contributed by atoms with Gasteiger partial charge in [-0.1, -0.05) is 100 Å². The molecule has 0 radical (unpaired) electrons. The van der Waals surface area contributed by atoms with Crippen LogP contribution in [0.3, 0.4) is 0 Å². The van der Waals surface area contributed by atoms with Gasteiger partial charge in [0.2, 0.25) is 0 Å². The molecule has 0 bridgehead atoms. The van der Waals surface area contributed by atoms with E-state index in [0.717, 1.165) is 5.69 Å². The maximum atomic E-state index is 5.87. The van der Waals surface area contributed by atoms with Crippen molar-refractivity contribution >= 4 is 22.0 Å². The van der Waals surface area contributed by atoms with Crippen LogP contribution in [-0.4, -0.2) is 0 Å². The Kier molecular flexibility index (Phi) is 5.32. The Bertz CT molecular complexity index is 1310. The summed E-state index contributed by atoms with van der Waals surface area (Å²) in [6.45, 7) is 8.95. The normalized spacial score (nSPS) is 19.3. The van der Waals surface area contributed by atoms with Crippen LogP contribution in [0.5, 0.6) is 0 Å². The molecule has 2 N–H and O–H groups in total. The number of allylic oxidation sites excluding steroid dienone is 6. The Morgan fingerprint density at radius 2 is 1.52 bits per heavy atom. The van der Waals surface area contributed by atoms with Crippen LogP contribution in [-0.2, 0) is 17.3 Å². The van der Waals surface area contributed by atoms with Gasteiger partial charge in [0.25, 0.3) is 0 Å². The molecule has 3 aromatic rings. The van der Waals surface area contributed by atoms with Crippen molar-refractivity contribution in [1.29, 1.82) is 0 Å². The van der Waals surface area contributed by atoms with Crippen molar-refractivity contribution in [2.75, 3.05) is 5.73 Å². The van der Waals surface area contributed by atoms with Crippen molar-refractivity contribution in [3.8, 4) is 0 Å². The SMILES string of the molecule is C1=CC2=C(CC1)CCc1c2ccc2ccccc12.CC1(C)C=CC(C)(C)c2cc(N)ccc21. The van der Waals surface area contributed by atoms with E-state index in [1.165, 1.54) is 58.7 Å². The maximum Gasteiger partial charge on any atom is 0.0317 e. The molecule has 33 heavy (non-hydrogen) atoms. The van der Waals surface area contributed by atoms with Gasteiger partial charge in [-0.25, -0.2) is 0 Å². The van der Waals surface area contributed by atoms with Crippen LogP contribution in [0.4, 0.5) is 5.69 Å². The maximum absolute atomic E-state index is 5.87. The first kappa shape index (κ1) is 21.8. The number of fused-ring (bicyclic) bond motifs is 5. The topological polar surface area (TPSA) is 26.0 Å². The molecular weight excluding hydrogens is 398 g/mol. The standard InChI is InChI=1S/C18H16.C14H19N/c1-3-7-15-13(5-1)9-11-18-16-8-4-2-6-14(16)10-12-17(15)18;1-13(2)7-8-14(3,4)12-9-10(15)5-6-11(12)13/h1,3-5,7-9,11H,2,6,10,12H2;5-9H,15H2,1-4H3. The van der Waals surface area contributed by atoms with Crippen LogP contribution in [0.2, 0.25) is 0 Å². The summed E-state index contributed by atoms with van der Waals surface area (Å²) < 4.78 is 0. The van der Waals surface area contributed by atoms with Crippen molar-refractivity contribution in [3.05, 3.63) is 107 Å². The summed E-state index contributed by atoms with van der Waals surface area (Å²) in [5.74, 6) is 0. The molecule has 0 spiro atoms. The van der Waals surface area contributed by atoms with Gasteiger partial charge in [-0.2, -0.15) is 0 Å². The van der Waals surface area contributed by atoms with E-state index in [1.54, 1.807) is 11.1 Å². The summed E-state index contributed by atoms with van der Waals surface area (Å²) in [5, 5.41) is 2.82. The highest BCUT2D eigenvalue weighted by atomic mass is 14.5. The molecular formula is C32H35N. The van der Waals surface area contributed by atoms with E-state index < -0.39 is 0 Å². The van der Waals surface area contributed by atoms with Crippen LogP contribution < -0.4 is 5.73 Å². The van der Waals surface area contributed by atoms with Gasteiger partial charge in [-0.05, 0) is 76.4 Å². The van der Waals surface area contributed by atoms with Crippen LogP contribution in [0, 0.1) is 0 Å². The minimum absolute atomic E-state index is 0.0975. The minimum Gasteiger partial charge on any atom is -0.399 e. The first-order valence-electron chi connectivity index (χ1n) is 12.3. The Labute approximate surface area is 198 Å². The molecule has 0 amide bonds. The Morgan fingerprint density at radius 1 is 0.758 bits per heavy atom. The number of rotatable bonds is 0. The highest BCUT2D eigenvalue weighted by Crippen LogP contribution is 2.42. The lowest BCUT2D eigenvalue weighted by Gasteiger charge is -2.36. The average Bonchev–Trinajstić information content (AvgIpc) is 2.82. The number of aryl methyl sites for hydroxylation is 1. The molecule has 0 fully saturated rings. The second kappa shape index (κ2) is 8.06. The zero-order valence-electron chi connectivity index (χ0n) is 20.4. The van der Waals surface area contributed by atoms with E-state index in [-0.39, 0.29) is 10.8 Å². The van der Waals surface area contributed by atoms with E-state index in [2.05, 4.69) is 101 Å². The monoisotopic (exact) mass is 433 g/mol. The highest BCUT2D eigenvalue weighted by molar-refractivity contribution is 5.93. The predicted octanol–water partition coefficient (Wildman–Crippen LogP) is 8.28. The summed E-state index contributed by atoms with van der Waals surface area (Å²) in [4.78, 5) is 0. The third-order valence-corrected chi connectivity index (χ3v) is 7.63. The molecule has 1 heteroatoms. The van der Waals surface area contributed by atoms with E-state index in [9.17, 15) is 0 Å². The number of nitrogen functional groups attached to an aromatic ring is 1. The minimum atomic E-state index is 0.0975. The van der Waals surface area contributed by atoms with E-state index in [1.807, 2.05) is 6.07 Å². The van der Waals surface area contributed by atoms with E-state index in [0.29, 0.717) is 0 Å². The van der Waals surface area contributed by atoms with Gasteiger partial charge in [0.05, 0.1) is 0 Å². The molecule has 0 saturated carbocycles. The van der Waals surface area contributed by atoms with Gasteiger partial charge in [0.1, 0.15) is 0 Å². The predicted molar refractivity (Wildman–Crippen MR) is 144 cm³/mol. The quantitative estimate of drug-likeness (QED) is 0.280. The van der Waals surface area contributed by atoms with Gasteiger partial charge in [-0.15, -0.1) is 0 Å². The molecule has 0 aromatic heterocycles.